The van der Waals surface area contributed by atoms with Gasteiger partial charge in [-0.15, -0.1) is 0 Å². The largest absolute Gasteiger partial charge is 0.495 e. The predicted octanol–water partition coefficient (Wildman–Crippen LogP) is 2.72. The van der Waals surface area contributed by atoms with Crippen molar-refractivity contribution < 1.29 is 22.7 Å². The Balaban J connectivity index is 2.27. The Morgan fingerprint density at radius 2 is 1.75 bits per heavy atom. The molecule has 0 aliphatic rings. The Morgan fingerprint density at radius 1 is 1.09 bits per heavy atom. The van der Waals surface area contributed by atoms with Crippen LogP contribution in [-0.2, 0) is 21.4 Å². The molecule has 0 saturated heterocycles. The van der Waals surface area contributed by atoms with E-state index in [4.69, 9.17) is 16.3 Å². The molecule has 0 aliphatic carbocycles. The summed E-state index contributed by atoms with van der Waals surface area (Å²) in [6.45, 7) is 3.91. The van der Waals surface area contributed by atoms with Crippen molar-refractivity contribution in [3.8, 4) is 5.75 Å². The highest BCUT2D eigenvalue weighted by molar-refractivity contribution is 7.89. The first-order valence-corrected chi connectivity index (χ1v) is 11.9. The average Bonchev–Trinajstić information content (AvgIpc) is 2.76. The van der Waals surface area contributed by atoms with E-state index in [0.29, 0.717) is 17.0 Å². The van der Waals surface area contributed by atoms with Crippen molar-refractivity contribution in [1.29, 1.82) is 0 Å². The van der Waals surface area contributed by atoms with Crippen LogP contribution in [0.1, 0.15) is 36.2 Å². The molecule has 8 nitrogen and oxygen atoms in total. The molecule has 0 aliphatic heterocycles. The lowest BCUT2D eigenvalue weighted by atomic mass is 10.0. The molecular formula is C22H28ClN3O5S. The first-order chi connectivity index (χ1) is 15.1. The Hall–Kier alpha value is -2.62. The molecule has 1 atom stereocenters. The second-order valence-corrected chi connectivity index (χ2v) is 9.76. The highest BCUT2D eigenvalue weighted by Gasteiger charge is 2.25. The molecule has 0 spiro atoms. The summed E-state index contributed by atoms with van der Waals surface area (Å²) in [5.74, 6) is -0.620. The number of benzene rings is 2. The van der Waals surface area contributed by atoms with Crippen LogP contribution in [0.5, 0.6) is 5.75 Å². The van der Waals surface area contributed by atoms with Crippen molar-refractivity contribution in [3.63, 3.8) is 0 Å². The van der Waals surface area contributed by atoms with Crippen LogP contribution in [0.4, 0.5) is 0 Å². The standard InChI is InChI=1S/C22H28ClN3O5S/c1-14(2)11-18(22(28)24-3)26-21(27)16-7-10-19(31-4)20(12-16)32(29,30)25-13-15-5-8-17(23)9-6-15/h5-10,12,14,18,25H,11,13H2,1-4H3,(H,24,28)(H,26,27). The normalized spacial score (nSPS) is 12.3. The average molecular weight is 482 g/mol. The van der Waals surface area contributed by atoms with E-state index in [9.17, 15) is 18.0 Å². The topological polar surface area (TPSA) is 114 Å². The van der Waals surface area contributed by atoms with E-state index in [2.05, 4.69) is 15.4 Å². The molecule has 0 aromatic heterocycles. The molecule has 174 valence electrons. The second-order valence-electron chi connectivity index (χ2n) is 7.59. The smallest absolute Gasteiger partial charge is 0.251 e. The molecule has 2 amide bonds. The predicted molar refractivity (Wildman–Crippen MR) is 123 cm³/mol. The van der Waals surface area contributed by atoms with Gasteiger partial charge >= 0.3 is 0 Å². The minimum Gasteiger partial charge on any atom is -0.495 e. The van der Waals surface area contributed by atoms with Crippen LogP contribution in [0.2, 0.25) is 5.02 Å². The number of hydrogen-bond acceptors (Lipinski definition) is 5. The first kappa shape index (κ1) is 25.6. The van der Waals surface area contributed by atoms with E-state index in [-0.39, 0.29) is 34.6 Å². The number of hydrogen-bond donors (Lipinski definition) is 3. The number of likely N-dealkylation sites (N-methyl/N-ethyl adjacent to an activating group) is 1. The van der Waals surface area contributed by atoms with Gasteiger partial charge in [-0.25, -0.2) is 13.1 Å². The maximum absolute atomic E-state index is 12.9. The van der Waals surface area contributed by atoms with Crippen molar-refractivity contribution in [2.45, 2.75) is 37.8 Å². The maximum Gasteiger partial charge on any atom is 0.251 e. The Labute approximate surface area is 193 Å². The van der Waals surface area contributed by atoms with E-state index >= 15 is 0 Å². The van der Waals surface area contributed by atoms with Gasteiger partial charge in [0.25, 0.3) is 5.91 Å². The lowest BCUT2D eigenvalue weighted by molar-refractivity contribution is -0.122. The molecule has 32 heavy (non-hydrogen) atoms. The van der Waals surface area contributed by atoms with Gasteiger partial charge in [-0.2, -0.15) is 0 Å². The number of carbonyl (C=O) groups excluding carboxylic acids is 2. The summed E-state index contributed by atoms with van der Waals surface area (Å²) in [5.41, 5.74) is 0.809. The van der Waals surface area contributed by atoms with Gasteiger partial charge < -0.3 is 15.4 Å². The minimum atomic E-state index is -4.00. The number of nitrogens with one attached hydrogen (secondary N) is 3. The molecule has 10 heteroatoms. The molecule has 0 bridgehead atoms. The van der Waals surface area contributed by atoms with Crippen molar-refractivity contribution in [2.75, 3.05) is 14.2 Å². The number of sulfonamides is 1. The number of methoxy groups -OCH3 is 1. The van der Waals surface area contributed by atoms with Crippen LogP contribution in [-0.4, -0.2) is 40.4 Å². The van der Waals surface area contributed by atoms with Crippen molar-refractivity contribution >= 4 is 33.4 Å². The molecule has 2 rings (SSSR count). The van der Waals surface area contributed by atoms with Gasteiger partial charge in [-0.05, 0) is 48.2 Å². The Morgan fingerprint density at radius 3 is 2.31 bits per heavy atom. The van der Waals surface area contributed by atoms with Crippen molar-refractivity contribution in [2.24, 2.45) is 5.92 Å². The van der Waals surface area contributed by atoms with Crippen molar-refractivity contribution in [3.05, 3.63) is 58.6 Å². The number of rotatable bonds is 10. The molecule has 3 N–H and O–H groups in total. The molecule has 0 heterocycles. The third-order valence-corrected chi connectivity index (χ3v) is 6.34. The third-order valence-electron chi connectivity index (χ3n) is 4.67. The summed E-state index contributed by atoms with van der Waals surface area (Å²) < 4.78 is 33.6. The summed E-state index contributed by atoms with van der Waals surface area (Å²) in [6.07, 6.45) is 0.440. The van der Waals surface area contributed by atoms with E-state index in [1.165, 1.54) is 32.4 Å². The van der Waals surface area contributed by atoms with Crippen LogP contribution >= 0.6 is 11.6 Å². The quantitative estimate of drug-likeness (QED) is 0.483. The molecule has 0 saturated carbocycles. The highest BCUT2D eigenvalue weighted by atomic mass is 35.5. The number of ether oxygens (including phenoxy) is 1. The van der Waals surface area contributed by atoms with E-state index in [1.54, 1.807) is 24.3 Å². The van der Waals surface area contributed by atoms with Crippen LogP contribution in [0, 0.1) is 5.92 Å². The van der Waals surface area contributed by atoms with Gasteiger partial charge in [0.2, 0.25) is 15.9 Å². The molecule has 0 fully saturated rings. The number of halogens is 1. The lowest BCUT2D eigenvalue weighted by Crippen LogP contribution is -2.46. The Bertz CT molecular complexity index is 1060. The molecule has 0 radical (unpaired) electrons. The van der Waals surface area contributed by atoms with E-state index in [1.807, 2.05) is 13.8 Å². The third kappa shape index (κ3) is 6.94. The van der Waals surface area contributed by atoms with Gasteiger partial charge in [0.1, 0.15) is 16.7 Å². The molecule has 2 aromatic rings. The number of carbonyl (C=O) groups is 2. The monoisotopic (exact) mass is 481 g/mol. The van der Waals surface area contributed by atoms with Gasteiger partial charge in [0.15, 0.2) is 0 Å². The van der Waals surface area contributed by atoms with Crippen LogP contribution in [0.15, 0.2) is 47.4 Å². The van der Waals surface area contributed by atoms with Gasteiger partial charge in [0, 0.05) is 24.2 Å². The minimum absolute atomic E-state index is 0.0339. The molecule has 2 aromatic carbocycles. The van der Waals surface area contributed by atoms with Crippen LogP contribution in [0.3, 0.4) is 0 Å². The van der Waals surface area contributed by atoms with E-state index in [0.717, 1.165) is 0 Å². The number of amides is 2. The summed E-state index contributed by atoms with van der Waals surface area (Å²) in [5, 5.41) is 5.75. The second kappa shape index (κ2) is 11.3. The van der Waals surface area contributed by atoms with Gasteiger partial charge in [-0.1, -0.05) is 37.6 Å². The zero-order chi connectivity index (χ0) is 23.9. The van der Waals surface area contributed by atoms with E-state index < -0.39 is 22.0 Å². The molecule has 1 unspecified atom stereocenters. The first-order valence-electron chi connectivity index (χ1n) is 10.0. The van der Waals surface area contributed by atoms with Gasteiger partial charge in [-0.3, -0.25) is 9.59 Å². The highest BCUT2D eigenvalue weighted by Crippen LogP contribution is 2.25. The maximum atomic E-state index is 12.9. The Kier molecular flexibility index (Phi) is 9.06. The van der Waals surface area contributed by atoms with Crippen LogP contribution in [0.25, 0.3) is 0 Å². The fourth-order valence-corrected chi connectivity index (χ4v) is 4.34. The summed E-state index contributed by atoms with van der Waals surface area (Å²) in [7, 11) is -1.17. The van der Waals surface area contributed by atoms with Gasteiger partial charge in [0.05, 0.1) is 7.11 Å². The molecular weight excluding hydrogens is 454 g/mol. The lowest BCUT2D eigenvalue weighted by Gasteiger charge is -2.19. The summed E-state index contributed by atoms with van der Waals surface area (Å²) in [6, 6.07) is 10.1. The summed E-state index contributed by atoms with van der Waals surface area (Å²) in [4.78, 5) is 24.7. The zero-order valence-electron chi connectivity index (χ0n) is 18.4. The van der Waals surface area contributed by atoms with Crippen molar-refractivity contribution in [1.82, 2.24) is 15.4 Å². The SMILES string of the molecule is CNC(=O)C(CC(C)C)NC(=O)c1ccc(OC)c(S(=O)(=O)NCc2ccc(Cl)cc2)c1. The fraction of sp³-hybridized carbons (Fsp3) is 0.364. The fourth-order valence-electron chi connectivity index (χ4n) is 3.01. The zero-order valence-corrected chi connectivity index (χ0v) is 20.0. The van der Waals surface area contributed by atoms with Crippen LogP contribution < -0.4 is 20.1 Å². The summed E-state index contributed by atoms with van der Waals surface area (Å²) >= 11 is 5.86.